The Hall–Kier alpha value is -3.41. The molecule has 9 nitrogen and oxygen atoms in total. The van der Waals surface area contributed by atoms with Crippen LogP contribution in [0.15, 0.2) is 35.5 Å². The van der Waals surface area contributed by atoms with E-state index in [1.807, 2.05) is 6.07 Å². The third-order valence-electron chi connectivity index (χ3n) is 3.90. The predicted molar refractivity (Wildman–Crippen MR) is 90.6 cm³/mol. The minimum absolute atomic E-state index is 0.0496. The standard InChI is InChI=1S/C17H18N4O5/c1-3-26-16(22)14-11(2)19-17(23)20(9-5-8-18)15(14)12-6-4-7-13(10-12)21(24)25/h4,6-7,10,15H,3,5,9H2,1-2H3,(H,19,23). The molecular formula is C17H18N4O5. The number of ether oxygens (including phenoxy) is 1. The second-order valence-corrected chi connectivity index (χ2v) is 5.55. The summed E-state index contributed by atoms with van der Waals surface area (Å²) in [4.78, 5) is 36.8. The number of hydrogen-bond donors (Lipinski definition) is 1. The summed E-state index contributed by atoms with van der Waals surface area (Å²) in [6.45, 7) is 3.43. The molecule has 136 valence electrons. The Balaban J connectivity index is 2.60. The SMILES string of the molecule is CCOC(=O)C1=C(C)NC(=O)N(CCC#N)C1c1cccc([N+](=O)[O-])c1. The molecule has 1 aliphatic heterocycles. The molecule has 1 heterocycles. The summed E-state index contributed by atoms with van der Waals surface area (Å²) in [5, 5.41) is 22.6. The lowest BCUT2D eigenvalue weighted by molar-refractivity contribution is -0.384. The van der Waals surface area contributed by atoms with E-state index in [1.54, 1.807) is 19.9 Å². The van der Waals surface area contributed by atoms with Crippen LogP contribution < -0.4 is 5.32 Å². The average Bonchev–Trinajstić information content (AvgIpc) is 2.60. The smallest absolute Gasteiger partial charge is 0.338 e. The van der Waals surface area contributed by atoms with Crippen LogP contribution in [0.4, 0.5) is 10.5 Å². The van der Waals surface area contributed by atoms with Crippen molar-refractivity contribution in [2.45, 2.75) is 26.3 Å². The number of carbonyl (C=O) groups is 2. The van der Waals surface area contributed by atoms with Crippen LogP contribution in [0.3, 0.4) is 0 Å². The number of non-ortho nitro benzene ring substituents is 1. The molecule has 0 aliphatic carbocycles. The van der Waals surface area contributed by atoms with Crippen LogP contribution in [0, 0.1) is 21.4 Å². The van der Waals surface area contributed by atoms with Crippen molar-refractivity contribution in [3.05, 3.63) is 51.2 Å². The van der Waals surface area contributed by atoms with E-state index in [-0.39, 0.29) is 30.8 Å². The lowest BCUT2D eigenvalue weighted by Gasteiger charge is -2.37. The number of urea groups is 1. The summed E-state index contributed by atoms with van der Waals surface area (Å²) in [5.41, 5.74) is 0.743. The van der Waals surface area contributed by atoms with Gasteiger partial charge >= 0.3 is 12.0 Å². The molecule has 0 fully saturated rings. The quantitative estimate of drug-likeness (QED) is 0.473. The molecule has 0 spiro atoms. The van der Waals surface area contributed by atoms with Gasteiger partial charge in [0, 0.05) is 24.4 Å². The largest absolute Gasteiger partial charge is 0.463 e. The molecule has 0 bridgehead atoms. The molecule has 9 heteroatoms. The van der Waals surface area contributed by atoms with Gasteiger partial charge in [-0.1, -0.05) is 12.1 Å². The predicted octanol–water partition coefficient (Wildman–Crippen LogP) is 2.41. The zero-order valence-corrected chi connectivity index (χ0v) is 14.4. The number of allylic oxidation sites excluding steroid dienone is 1. The first-order valence-electron chi connectivity index (χ1n) is 7.97. The van der Waals surface area contributed by atoms with Crippen LogP contribution in [0.5, 0.6) is 0 Å². The van der Waals surface area contributed by atoms with Crippen LogP contribution in [0.2, 0.25) is 0 Å². The molecule has 1 atom stereocenters. The number of nitrogens with one attached hydrogen (secondary N) is 1. The number of nitro benzene ring substituents is 1. The van der Waals surface area contributed by atoms with Crippen molar-refractivity contribution >= 4 is 17.7 Å². The topological polar surface area (TPSA) is 126 Å². The second kappa shape index (κ2) is 8.11. The molecule has 1 aromatic rings. The molecule has 0 saturated carbocycles. The van der Waals surface area contributed by atoms with Gasteiger partial charge in [0.15, 0.2) is 0 Å². The molecule has 26 heavy (non-hydrogen) atoms. The van der Waals surface area contributed by atoms with Gasteiger partial charge in [0.2, 0.25) is 0 Å². The summed E-state index contributed by atoms with van der Waals surface area (Å²) in [6.07, 6.45) is 0.0496. The number of esters is 1. The van der Waals surface area contributed by atoms with Gasteiger partial charge in [0.1, 0.15) is 0 Å². The normalized spacial score (nSPS) is 16.7. The number of carbonyl (C=O) groups excluding carboxylic acids is 2. The van der Waals surface area contributed by atoms with Crippen molar-refractivity contribution in [1.82, 2.24) is 10.2 Å². The summed E-state index contributed by atoms with van der Waals surface area (Å²) in [5.74, 6) is -0.622. The van der Waals surface area contributed by atoms with Gasteiger partial charge in [-0.15, -0.1) is 0 Å². The van der Waals surface area contributed by atoms with Gasteiger partial charge in [0.05, 0.1) is 35.6 Å². The highest BCUT2D eigenvalue weighted by molar-refractivity contribution is 5.95. The zero-order chi connectivity index (χ0) is 19.3. The van der Waals surface area contributed by atoms with Gasteiger partial charge in [-0.25, -0.2) is 9.59 Å². The van der Waals surface area contributed by atoms with Crippen molar-refractivity contribution in [2.24, 2.45) is 0 Å². The maximum absolute atomic E-state index is 12.5. The number of nitriles is 1. The van der Waals surface area contributed by atoms with E-state index in [1.165, 1.54) is 23.1 Å². The Kier molecular flexibility index (Phi) is 5.90. The molecule has 2 rings (SSSR count). The average molecular weight is 358 g/mol. The molecule has 1 aromatic carbocycles. The third kappa shape index (κ3) is 3.80. The van der Waals surface area contributed by atoms with Gasteiger partial charge in [-0.3, -0.25) is 10.1 Å². The third-order valence-corrected chi connectivity index (χ3v) is 3.90. The van der Waals surface area contributed by atoms with Crippen LogP contribution in [-0.2, 0) is 9.53 Å². The Labute approximate surface area is 150 Å². The Bertz CT molecular complexity index is 812. The maximum Gasteiger partial charge on any atom is 0.338 e. The minimum Gasteiger partial charge on any atom is -0.463 e. The van der Waals surface area contributed by atoms with Crippen molar-refractivity contribution < 1.29 is 19.2 Å². The minimum atomic E-state index is -0.879. The van der Waals surface area contributed by atoms with Crippen molar-refractivity contribution in [1.29, 1.82) is 5.26 Å². The molecule has 2 amide bonds. The molecule has 0 radical (unpaired) electrons. The number of benzene rings is 1. The van der Waals surface area contributed by atoms with E-state index in [4.69, 9.17) is 10.00 Å². The summed E-state index contributed by atoms with van der Waals surface area (Å²) in [7, 11) is 0. The summed E-state index contributed by atoms with van der Waals surface area (Å²) >= 11 is 0. The van der Waals surface area contributed by atoms with E-state index in [0.29, 0.717) is 11.3 Å². The van der Waals surface area contributed by atoms with E-state index < -0.39 is 23.0 Å². The van der Waals surface area contributed by atoms with Gasteiger partial charge < -0.3 is 15.0 Å². The maximum atomic E-state index is 12.5. The van der Waals surface area contributed by atoms with E-state index in [0.717, 1.165) is 0 Å². The fraction of sp³-hybridized carbons (Fsp3) is 0.353. The number of nitrogens with zero attached hydrogens (tertiary/aromatic N) is 3. The first-order chi connectivity index (χ1) is 12.4. The number of hydrogen-bond acceptors (Lipinski definition) is 6. The molecule has 1 unspecified atom stereocenters. The molecule has 1 N–H and O–H groups in total. The molecule has 1 aliphatic rings. The Morgan fingerprint density at radius 2 is 2.23 bits per heavy atom. The summed E-state index contributed by atoms with van der Waals surface area (Å²) in [6, 6.07) is 6.32. The van der Waals surface area contributed by atoms with Crippen LogP contribution in [-0.4, -0.2) is 35.0 Å². The lowest BCUT2D eigenvalue weighted by atomic mass is 9.93. The number of rotatable bonds is 6. The van der Waals surface area contributed by atoms with Crippen molar-refractivity contribution in [3.8, 4) is 6.07 Å². The Morgan fingerprint density at radius 3 is 2.85 bits per heavy atom. The molecular weight excluding hydrogens is 340 g/mol. The highest BCUT2D eigenvalue weighted by atomic mass is 16.6. The fourth-order valence-electron chi connectivity index (χ4n) is 2.81. The zero-order valence-electron chi connectivity index (χ0n) is 14.4. The number of nitro groups is 1. The van der Waals surface area contributed by atoms with Crippen LogP contribution >= 0.6 is 0 Å². The van der Waals surface area contributed by atoms with Crippen LogP contribution in [0.25, 0.3) is 0 Å². The van der Waals surface area contributed by atoms with Gasteiger partial charge in [-0.05, 0) is 19.4 Å². The van der Waals surface area contributed by atoms with E-state index in [9.17, 15) is 19.7 Å². The molecule has 0 saturated heterocycles. The van der Waals surface area contributed by atoms with Gasteiger partial charge in [-0.2, -0.15) is 5.26 Å². The second-order valence-electron chi connectivity index (χ2n) is 5.55. The van der Waals surface area contributed by atoms with Crippen molar-refractivity contribution in [3.63, 3.8) is 0 Å². The molecule has 0 aromatic heterocycles. The highest BCUT2D eigenvalue weighted by Crippen LogP contribution is 2.35. The number of amides is 2. The van der Waals surface area contributed by atoms with Gasteiger partial charge in [0.25, 0.3) is 5.69 Å². The Morgan fingerprint density at radius 1 is 1.50 bits per heavy atom. The lowest BCUT2D eigenvalue weighted by Crippen LogP contribution is -2.48. The fourth-order valence-corrected chi connectivity index (χ4v) is 2.81. The van der Waals surface area contributed by atoms with E-state index in [2.05, 4.69) is 5.32 Å². The summed E-state index contributed by atoms with van der Waals surface area (Å²) < 4.78 is 5.10. The van der Waals surface area contributed by atoms with Crippen LogP contribution in [0.1, 0.15) is 31.9 Å². The first kappa shape index (κ1) is 18.9. The van der Waals surface area contributed by atoms with E-state index >= 15 is 0 Å². The van der Waals surface area contributed by atoms with Crippen molar-refractivity contribution in [2.75, 3.05) is 13.2 Å². The highest BCUT2D eigenvalue weighted by Gasteiger charge is 2.38. The first-order valence-corrected chi connectivity index (χ1v) is 7.97. The monoisotopic (exact) mass is 358 g/mol.